The van der Waals surface area contributed by atoms with Crippen LogP contribution in [0.3, 0.4) is 0 Å². The summed E-state index contributed by atoms with van der Waals surface area (Å²) in [5, 5.41) is 8.01. The van der Waals surface area contributed by atoms with E-state index < -0.39 is 0 Å². The summed E-state index contributed by atoms with van der Waals surface area (Å²) in [6, 6.07) is 11.6. The monoisotopic (exact) mass is 357 g/mol. The second-order valence-corrected chi connectivity index (χ2v) is 6.51. The quantitative estimate of drug-likeness (QED) is 0.706. The minimum absolute atomic E-state index is 0.0193. The van der Waals surface area contributed by atoms with Crippen molar-refractivity contribution in [2.75, 3.05) is 5.32 Å². The summed E-state index contributed by atoms with van der Waals surface area (Å²) in [6.45, 7) is 4.62. The molecule has 0 amide bonds. The van der Waals surface area contributed by atoms with Gasteiger partial charge >= 0.3 is 0 Å². The third kappa shape index (κ3) is 4.48. The Morgan fingerprint density at radius 2 is 2.04 bits per heavy atom. The van der Waals surface area contributed by atoms with Gasteiger partial charge in [-0.1, -0.05) is 48.9 Å². The lowest BCUT2D eigenvalue weighted by Crippen LogP contribution is -2.18. The molecule has 2 heterocycles. The second-order valence-electron chi connectivity index (χ2n) is 6.08. The molecule has 0 bridgehead atoms. The van der Waals surface area contributed by atoms with Gasteiger partial charge in [-0.25, -0.2) is 4.98 Å². The molecule has 2 atom stereocenters. The van der Waals surface area contributed by atoms with Crippen molar-refractivity contribution in [3.8, 4) is 0 Å². The number of H-pyrrole nitrogens is 1. The molecule has 3 rings (SSSR count). The predicted octanol–water partition coefficient (Wildman–Crippen LogP) is 3.60. The van der Waals surface area contributed by atoms with Crippen LogP contribution in [-0.2, 0) is 6.54 Å². The summed E-state index contributed by atoms with van der Waals surface area (Å²) in [6.07, 6.45) is 3.34. The van der Waals surface area contributed by atoms with Crippen molar-refractivity contribution < 1.29 is 0 Å². The Morgan fingerprint density at radius 3 is 2.72 bits per heavy atom. The van der Waals surface area contributed by atoms with Gasteiger partial charge in [0.1, 0.15) is 0 Å². The molecule has 130 valence electrons. The second kappa shape index (κ2) is 7.53. The Morgan fingerprint density at radius 1 is 1.28 bits per heavy atom. The van der Waals surface area contributed by atoms with Crippen LogP contribution >= 0.6 is 11.6 Å². The largest absolute Gasteiger partial charge is 0.349 e. The van der Waals surface area contributed by atoms with Gasteiger partial charge in [-0.05, 0) is 12.5 Å². The van der Waals surface area contributed by atoms with Crippen molar-refractivity contribution >= 4 is 17.5 Å². The molecule has 0 spiro atoms. The third-order valence-electron chi connectivity index (χ3n) is 3.98. The first kappa shape index (κ1) is 17.2. The van der Waals surface area contributed by atoms with Gasteiger partial charge in [0.15, 0.2) is 0 Å². The van der Waals surface area contributed by atoms with Crippen LogP contribution in [0.4, 0.5) is 5.95 Å². The molecule has 7 heteroatoms. The van der Waals surface area contributed by atoms with Crippen molar-refractivity contribution in [2.24, 2.45) is 0 Å². The van der Waals surface area contributed by atoms with E-state index in [1.165, 1.54) is 6.07 Å². The van der Waals surface area contributed by atoms with E-state index in [0.29, 0.717) is 23.2 Å². The first-order chi connectivity index (χ1) is 12.0. The Bertz CT molecular complexity index is 890. The molecule has 0 saturated carbocycles. The summed E-state index contributed by atoms with van der Waals surface area (Å²) in [5.41, 5.74) is 1.64. The number of hydrogen-bond donors (Lipinski definition) is 2. The highest BCUT2D eigenvalue weighted by molar-refractivity contribution is 6.30. The van der Waals surface area contributed by atoms with Crippen LogP contribution in [0.15, 0.2) is 53.6 Å². The lowest BCUT2D eigenvalue weighted by atomic mass is 10.1. The maximum absolute atomic E-state index is 12.0. The summed E-state index contributed by atoms with van der Waals surface area (Å²) >= 11 is 5.89. The van der Waals surface area contributed by atoms with Gasteiger partial charge in [-0.15, -0.1) is 0 Å². The van der Waals surface area contributed by atoms with E-state index in [9.17, 15) is 4.79 Å². The average Bonchev–Trinajstić information content (AvgIpc) is 3.00. The SMILES string of the molecule is C[C@H](Cn1cc(Cl)cn1)c1cc(=O)[nH]c(N[C@@H](C)c2ccccc2)n1. The number of rotatable bonds is 6. The molecule has 0 saturated heterocycles. The third-order valence-corrected chi connectivity index (χ3v) is 4.18. The normalized spacial score (nSPS) is 13.4. The topological polar surface area (TPSA) is 75.6 Å². The number of anilines is 1. The summed E-state index contributed by atoms with van der Waals surface area (Å²) in [4.78, 5) is 19.3. The van der Waals surface area contributed by atoms with Crippen molar-refractivity contribution in [3.05, 3.63) is 75.4 Å². The van der Waals surface area contributed by atoms with Gasteiger partial charge in [0.25, 0.3) is 5.56 Å². The number of halogens is 1. The molecule has 2 aromatic heterocycles. The molecule has 6 nitrogen and oxygen atoms in total. The van der Waals surface area contributed by atoms with E-state index in [1.54, 1.807) is 17.1 Å². The Hall–Kier alpha value is -2.60. The molecule has 0 aliphatic rings. The van der Waals surface area contributed by atoms with E-state index in [2.05, 4.69) is 20.4 Å². The fraction of sp³-hybridized carbons (Fsp3) is 0.278. The Kier molecular flexibility index (Phi) is 5.19. The first-order valence-electron chi connectivity index (χ1n) is 8.12. The zero-order chi connectivity index (χ0) is 17.8. The minimum atomic E-state index is -0.182. The molecule has 3 aromatic rings. The van der Waals surface area contributed by atoms with Crippen molar-refractivity contribution in [3.63, 3.8) is 0 Å². The van der Waals surface area contributed by atoms with E-state index in [4.69, 9.17) is 11.6 Å². The highest BCUT2D eigenvalue weighted by Gasteiger charge is 2.13. The van der Waals surface area contributed by atoms with Gasteiger partial charge < -0.3 is 5.32 Å². The van der Waals surface area contributed by atoms with E-state index in [1.807, 2.05) is 44.2 Å². The van der Waals surface area contributed by atoms with E-state index in [-0.39, 0.29) is 17.5 Å². The molecular weight excluding hydrogens is 338 g/mol. The molecule has 0 fully saturated rings. The van der Waals surface area contributed by atoms with Crippen LogP contribution in [0.5, 0.6) is 0 Å². The van der Waals surface area contributed by atoms with Gasteiger partial charge in [0, 0.05) is 24.7 Å². The van der Waals surface area contributed by atoms with Gasteiger partial charge in [0.2, 0.25) is 5.95 Å². The van der Waals surface area contributed by atoms with Crippen molar-refractivity contribution in [2.45, 2.75) is 32.4 Å². The molecule has 0 aliphatic carbocycles. The molecule has 0 unspecified atom stereocenters. The Balaban J connectivity index is 1.77. The van der Waals surface area contributed by atoms with Gasteiger partial charge in [0.05, 0.1) is 23.0 Å². The van der Waals surface area contributed by atoms with E-state index in [0.717, 1.165) is 5.56 Å². The standard InChI is InChI=1S/C18H20ClN5O/c1-12(10-24-11-15(19)9-20-24)16-8-17(25)23-18(22-16)21-13(2)14-6-4-3-5-7-14/h3-9,11-13H,10H2,1-2H3,(H2,21,22,23,25)/t12-,13+/m1/s1. The minimum Gasteiger partial charge on any atom is -0.349 e. The van der Waals surface area contributed by atoms with Crippen LogP contribution < -0.4 is 10.9 Å². The summed E-state index contributed by atoms with van der Waals surface area (Å²) in [7, 11) is 0. The Labute approximate surface area is 150 Å². The highest BCUT2D eigenvalue weighted by Crippen LogP contribution is 2.19. The fourth-order valence-electron chi connectivity index (χ4n) is 2.64. The maximum Gasteiger partial charge on any atom is 0.252 e. The lowest BCUT2D eigenvalue weighted by Gasteiger charge is -2.16. The number of aromatic nitrogens is 4. The van der Waals surface area contributed by atoms with Crippen LogP contribution in [0.2, 0.25) is 5.02 Å². The molecule has 1 aromatic carbocycles. The van der Waals surface area contributed by atoms with Crippen LogP contribution in [0.1, 0.15) is 37.1 Å². The number of aromatic amines is 1. The van der Waals surface area contributed by atoms with E-state index >= 15 is 0 Å². The molecule has 2 N–H and O–H groups in total. The number of benzene rings is 1. The number of nitrogens with one attached hydrogen (secondary N) is 2. The maximum atomic E-state index is 12.0. The molecular formula is C18H20ClN5O. The van der Waals surface area contributed by atoms with Gasteiger partial charge in [-0.2, -0.15) is 5.10 Å². The zero-order valence-corrected chi connectivity index (χ0v) is 14.9. The zero-order valence-electron chi connectivity index (χ0n) is 14.1. The highest BCUT2D eigenvalue weighted by atomic mass is 35.5. The summed E-state index contributed by atoms with van der Waals surface area (Å²) < 4.78 is 1.75. The van der Waals surface area contributed by atoms with Crippen LogP contribution in [-0.4, -0.2) is 19.7 Å². The lowest BCUT2D eigenvalue weighted by molar-refractivity contribution is 0.533. The van der Waals surface area contributed by atoms with Crippen LogP contribution in [0, 0.1) is 0 Å². The van der Waals surface area contributed by atoms with Crippen molar-refractivity contribution in [1.82, 2.24) is 19.7 Å². The molecule has 25 heavy (non-hydrogen) atoms. The van der Waals surface area contributed by atoms with Crippen LogP contribution in [0.25, 0.3) is 0 Å². The van der Waals surface area contributed by atoms with Crippen molar-refractivity contribution in [1.29, 1.82) is 0 Å². The number of hydrogen-bond acceptors (Lipinski definition) is 4. The first-order valence-corrected chi connectivity index (χ1v) is 8.50. The molecule has 0 radical (unpaired) electrons. The smallest absolute Gasteiger partial charge is 0.252 e. The fourth-order valence-corrected chi connectivity index (χ4v) is 2.80. The summed E-state index contributed by atoms with van der Waals surface area (Å²) in [5.74, 6) is 0.482. The molecule has 0 aliphatic heterocycles. The predicted molar refractivity (Wildman–Crippen MR) is 99.0 cm³/mol. The number of nitrogens with zero attached hydrogens (tertiary/aromatic N) is 3. The van der Waals surface area contributed by atoms with Gasteiger partial charge in [-0.3, -0.25) is 14.5 Å². The average molecular weight is 358 g/mol.